The average Bonchev–Trinajstić information content (AvgIpc) is 2.62. The fraction of sp³-hybridized carbons (Fsp3) is 0.632. The molecule has 2 aliphatic rings. The van der Waals surface area contributed by atoms with Crippen molar-refractivity contribution in [1.29, 1.82) is 0 Å². The Balaban J connectivity index is 1.84. The van der Waals surface area contributed by atoms with Gasteiger partial charge < -0.3 is 19.5 Å². The molecule has 2 aliphatic heterocycles. The van der Waals surface area contributed by atoms with Crippen LogP contribution in [-0.4, -0.2) is 54.1 Å². The van der Waals surface area contributed by atoms with Crippen molar-refractivity contribution in [3.63, 3.8) is 0 Å². The van der Waals surface area contributed by atoms with Gasteiger partial charge in [0.25, 0.3) is 5.56 Å². The van der Waals surface area contributed by atoms with Crippen LogP contribution in [0.4, 0.5) is 0 Å². The maximum Gasteiger partial charge on any atom is 0.251 e. The van der Waals surface area contributed by atoms with Crippen molar-refractivity contribution in [3.05, 3.63) is 34.2 Å². The van der Waals surface area contributed by atoms with Crippen LogP contribution in [0.3, 0.4) is 0 Å². The molecular weight excluding hydrogens is 334 g/mol. The summed E-state index contributed by atoms with van der Waals surface area (Å²) in [7, 11) is 0. The summed E-state index contributed by atoms with van der Waals surface area (Å²) in [6.07, 6.45) is 1.31. The first-order chi connectivity index (χ1) is 12.5. The zero-order valence-electron chi connectivity index (χ0n) is 15.4. The van der Waals surface area contributed by atoms with Crippen molar-refractivity contribution in [2.45, 2.75) is 38.6 Å². The molecule has 0 radical (unpaired) electrons. The second-order valence-electron chi connectivity index (χ2n) is 7.10. The molecule has 7 nitrogen and oxygen atoms in total. The molecule has 0 aliphatic carbocycles. The Morgan fingerprint density at radius 1 is 1.31 bits per heavy atom. The zero-order chi connectivity index (χ0) is 18.7. The van der Waals surface area contributed by atoms with E-state index in [9.17, 15) is 14.4 Å². The lowest BCUT2D eigenvalue weighted by molar-refractivity contribution is -0.135. The third-order valence-electron chi connectivity index (χ3n) is 5.38. The van der Waals surface area contributed by atoms with E-state index in [0.717, 1.165) is 12.1 Å². The van der Waals surface area contributed by atoms with Gasteiger partial charge in [0, 0.05) is 50.8 Å². The van der Waals surface area contributed by atoms with Crippen LogP contribution in [0.15, 0.2) is 23.0 Å². The van der Waals surface area contributed by atoms with Gasteiger partial charge in [0.1, 0.15) is 0 Å². The number of hydrogen-bond donors (Lipinski definition) is 1. The largest absolute Gasteiger partial charge is 0.381 e. The lowest BCUT2D eigenvalue weighted by Crippen LogP contribution is -2.53. The number of ether oxygens (including phenoxy) is 1. The molecule has 26 heavy (non-hydrogen) atoms. The van der Waals surface area contributed by atoms with E-state index in [1.54, 1.807) is 12.1 Å². The summed E-state index contributed by atoms with van der Waals surface area (Å²) in [5.74, 6) is 0.299. The minimum Gasteiger partial charge on any atom is -0.381 e. The molecule has 2 amide bonds. The fourth-order valence-corrected chi connectivity index (χ4v) is 4.22. The van der Waals surface area contributed by atoms with Crippen LogP contribution < -0.4 is 10.9 Å². The van der Waals surface area contributed by atoms with Crippen LogP contribution in [0.5, 0.6) is 0 Å². The van der Waals surface area contributed by atoms with E-state index in [1.165, 1.54) is 6.92 Å². The number of rotatable bonds is 6. The number of carbonyl (C=O) groups is 2. The molecule has 1 saturated heterocycles. The minimum atomic E-state index is -0.124. The summed E-state index contributed by atoms with van der Waals surface area (Å²) < 4.78 is 7.14. The van der Waals surface area contributed by atoms with Gasteiger partial charge in [-0.05, 0) is 25.3 Å². The molecule has 7 heteroatoms. The lowest BCUT2D eigenvalue weighted by Gasteiger charge is -2.47. The second-order valence-corrected chi connectivity index (χ2v) is 7.10. The standard InChI is InChI=1S/C19H27N3O4/c1-3-26-8-7-18(24)21-11-14-9-15(12-21)17(10-20-13(2)23)22-16(14)5-4-6-19(22)25/h4-6,14-15,17H,3,7-12H2,1-2H3,(H,20,23)/t14-,15+,17+/m1/s1. The van der Waals surface area contributed by atoms with Crippen molar-refractivity contribution >= 4 is 11.8 Å². The molecule has 0 unspecified atom stereocenters. The van der Waals surface area contributed by atoms with Crippen molar-refractivity contribution in [2.24, 2.45) is 5.92 Å². The van der Waals surface area contributed by atoms with Crippen LogP contribution in [0.25, 0.3) is 0 Å². The van der Waals surface area contributed by atoms with Crippen molar-refractivity contribution < 1.29 is 14.3 Å². The maximum absolute atomic E-state index is 12.6. The van der Waals surface area contributed by atoms with E-state index in [0.29, 0.717) is 39.3 Å². The molecule has 3 heterocycles. The molecule has 1 N–H and O–H groups in total. The van der Waals surface area contributed by atoms with Crippen LogP contribution in [0.1, 0.15) is 44.3 Å². The molecule has 0 spiro atoms. The molecule has 0 aromatic carbocycles. The third kappa shape index (κ3) is 3.82. The zero-order valence-corrected chi connectivity index (χ0v) is 15.4. The molecule has 3 rings (SSSR count). The van der Waals surface area contributed by atoms with Gasteiger partial charge in [-0.1, -0.05) is 6.07 Å². The van der Waals surface area contributed by atoms with E-state index in [1.807, 2.05) is 22.5 Å². The summed E-state index contributed by atoms with van der Waals surface area (Å²) >= 11 is 0. The van der Waals surface area contributed by atoms with Crippen molar-refractivity contribution in [1.82, 2.24) is 14.8 Å². The summed E-state index contributed by atoms with van der Waals surface area (Å²) in [5.41, 5.74) is 0.926. The normalized spacial score (nSPS) is 24.1. The van der Waals surface area contributed by atoms with E-state index in [2.05, 4.69) is 5.32 Å². The SMILES string of the molecule is CCOCCC(=O)N1C[C@H]2C[C@@H](C1)[C@H](CNC(C)=O)n1c2cccc1=O. The molecule has 142 valence electrons. The van der Waals surface area contributed by atoms with Gasteiger partial charge in [-0.2, -0.15) is 0 Å². The van der Waals surface area contributed by atoms with Gasteiger partial charge in [-0.25, -0.2) is 0 Å². The van der Waals surface area contributed by atoms with E-state index < -0.39 is 0 Å². The molecular formula is C19H27N3O4. The summed E-state index contributed by atoms with van der Waals surface area (Å²) in [6, 6.07) is 5.19. The van der Waals surface area contributed by atoms with E-state index in [4.69, 9.17) is 4.74 Å². The second kappa shape index (κ2) is 8.03. The Bertz CT molecular complexity index is 730. The molecule has 3 atom stereocenters. The van der Waals surface area contributed by atoms with Gasteiger partial charge >= 0.3 is 0 Å². The Labute approximate surface area is 153 Å². The first-order valence-corrected chi connectivity index (χ1v) is 9.32. The summed E-state index contributed by atoms with van der Waals surface area (Å²) in [4.78, 5) is 38.4. The number of piperidine rings is 1. The highest BCUT2D eigenvalue weighted by atomic mass is 16.5. The molecule has 2 bridgehead atoms. The molecule has 1 aromatic rings. The van der Waals surface area contributed by atoms with Gasteiger partial charge in [-0.15, -0.1) is 0 Å². The number of carbonyl (C=O) groups excluding carboxylic acids is 2. The predicted octanol–water partition coefficient (Wildman–Crippen LogP) is 0.898. The predicted molar refractivity (Wildman–Crippen MR) is 97.0 cm³/mol. The monoisotopic (exact) mass is 361 g/mol. The van der Waals surface area contributed by atoms with Gasteiger partial charge in [0.2, 0.25) is 11.8 Å². The summed E-state index contributed by atoms with van der Waals surface area (Å²) in [6.45, 7) is 6.09. The Morgan fingerprint density at radius 3 is 2.85 bits per heavy atom. The number of nitrogens with zero attached hydrogens (tertiary/aromatic N) is 2. The number of nitrogens with one attached hydrogen (secondary N) is 1. The highest BCUT2D eigenvalue weighted by Crippen LogP contribution is 2.40. The van der Waals surface area contributed by atoms with Crippen molar-refractivity contribution in [2.75, 3.05) is 32.8 Å². The highest BCUT2D eigenvalue weighted by molar-refractivity contribution is 5.76. The Hall–Kier alpha value is -2.15. The van der Waals surface area contributed by atoms with Crippen molar-refractivity contribution in [3.8, 4) is 0 Å². The number of aromatic nitrogens is 1. The van der Waals surface area contributed by atoms with Crippen LogP contribution in [0, 0.1) is 5.92 Å². The molecule has 1 aromatic heterocycles. The fourth-order valence-electron chi connectivity index (χ4n) is 4.22. The molecule has 1 fully saturated rings. The first kappa shape index (κ1) is 18.6. The van der Waals surface area contributed by atoms with Crippen LogP contribution in [0.2, 0.25) is 0 Å². The van der Waals surface area contributed by atoms with Crippen LogP contribution >= 0.6 is 0 Å². The topological polar surface area (TPSA) is 80.6 Å². The number of fused-ring (bicyclic) bond motifs is 4. The van der Waals surface area contributed by atoms with Gasteiger partial charge in [-0.3, -0.25) is 14.4 Å². The molecule has 0 saturated carbocycles. The number of pyridine rings is 1. The number of likely N-dealkylation sites (tertiary alicyclic amines) is 1. The highest BCUT2D eigenvalue weighted by Gasteiger charge is 2.41. The lowest BCUT2D eigenvalue weighted by atomic mass is 9.78. The van der Waals surface area contributed by atoms with Gasteiger partial charge in [0.15, 0.2) is 0 Å². The van der Waals surface area contributed by atoms with E-state index in [-0.39, 0.29) is 35.3 Å². The Morgan fingerprint density at radius 2 is 2.12 bits per heavy atom. The minimum absolute atomic E-state index is 0.0383. The summed E-state index contributed by atoms with van der Waals surface area (Å²) in [5, 5.41) is 2.85. The third-order valence-corrected chi connectivity index (χ3v) is 5.38. The van der Waals surface area contributed by atoms with E-state index >= 15 is 0 Å². The average molecular weight is 361 g/mol. The number of hydrogen-bond acceptors (Lipinski definition) is 4. The first-order valence-electron chi connectivity index (χ1n) is 9.32. The quantitative estimate of drug-likeness (QED) is 0.764. The maximum atomic E-state index is 12.6. The number of amides is 2. The van der Waals surface area contributed by atoms with Gasteiger partial charge in [0.05, 0.1) is 19.1 Å². The smallest absolute Gasteiger partial charge is 0.251 e. The Kier molecular flexibility index (Phi) is 5.76. The van der Waals surface area contributed by atoms with Crippen LogP contribution in [-0.2, 0) is 14.3 Å².